The number of hydrogen-bond donors (Lipinski definition) is 2. The second-order valence-corrected chi connectivity index (χ2v) is 5.36. The molecular formula is C17H21FN2O. The molecule has 1 aromatic rings. The Morgan fingerprint density at radius 1 is 1.29 bits per heavy atom. The lowest BCUT2D eigenvalue weighted by Gasteiger charge is -2.16. The zero-order valence-corrected chi connectivity index (χ0v) is 12.1. The van der Waals surface area contributed by atoms with Crippen molar-refractivity contribution in [3.05, 3.63) is 35.1 Å². The highest BCUT2D eigenvalue weighted by Gasteiger charge is 2.17. The minimum Gasteiger partial charge on any atom is -0.349 e. The number of benzene rings is 1. The third-order valence-electron chi connectivity index (χ3n) is 3.74. The minimum absolute atomic E-state index is 0.178. The summed E-state index contributed by atoms with van der Waals surface area (Å²) in [6, 6.07) is 4.27. The predicted octanol–water partition coefficient (Wildman–Crippen LogP) is 2.59. The van der Waals surface area contributed by atoms with Gasteiger partial charge < -0.3 is 11.1 Å². The summed E-state index contributed by atoms with van der Waals surface area (Å²) >= 11 is 0. The van der Waals surface area contributed by atoms with Crippen molar-refractivity contribution in [1.29, 1.82) is 0 Å². The molecule has 0 saturated heterocycles. The summed E-state index contributed by atoms with van der Waals surface area (Å²) in [7, 11) is 0. The van der Waals surface area contributed by atoms with Gasteiger partial charge in [0.25, 0.3) is 5.91 Å². The summed E-state index contributed by atoms with van der Waals surface area (Å²) in [5.74, 6) is 4.86. The van der Waals surface area contributed by atoms with Crippen LogP contribution in [0.3, 0.4) is 0 Å². The van der Waals surface area contributed by atoms with Gasteiger partial charge in [-0.3, -0.25) is 4.79 Å². The van der Waals surface area contributed by atoms with E-state index in [2.05, 4.69) is 17.2 Å². The van der Waals surface area contributed by atoms with Crippen LogP contribution in [0.25, 0.3) is 0 Å². The first kappa shape index (κ1) is 15.5. The average Bonchev–Trinajstić information content (AvgIpc) is 2.73. The van der Waals surface area contributed by atoms with E-state index in [1.807, 2.05) is 0 Å². The Balaban J connectivity index is 2.14. The largest absolute Gasteiger partial charge is 0.349 e. The number of carbonyl (C=O) groups is 1. The third-order valence-corrected chi connectivity index (χ3v) is 3.74. The van der Waals surface area contributed by atoms with Crippen molar-refractivity contribution in [2.45, 2.75) is 44.6 Å². The Bertz CT molecular complexity index is 552. The number of carbonyl (C=O) groups excluding carboxylic acids is 1. The Kier molecular flexibility index (Phi) is 5.77. The zero-order chi connectivity index (χ0) is 15.1. The topological polar surface area (TPSA) is 55.1 Å². The van der Waals surface area contributed by atoms with Crippen molar-refractivity contribution >= 4 is 5.91 Å². The summed E-state index contributed by atoms with van der Waals surface area (Å²) in [5.41, 5.74) is 6.15. The maximum atomic E-state index is 13.3. The summed E-state index contributed by atoms with van der Waals surface area (Å²) in [4.78, 5) is 12.4. The van der Waals surface area contributed by atoms with Crippen LogP contribution in [0.2, 0.25) is 0 Å². The van der Waals surface area contributed by atoms with Crippen molar-refractivity contribution < 1.29 is 9.18 Å². The van der Waals surface area contributed by atoms with Crippen molar-refractivity contribution in [3.63, 3.8) is 0 Å². The molecule has 1 amide bonds. The van der Waals surface area contributed by atoms with Gasteiger partial charge in [0.1, 0.15) is 5.82 Å². The van der Waals surface area contributed by atoms with Crippen LogP contribution in [-0.4, -0.2) is 18.5 Å². The van der Waals surface area contributed by atoms with E-state index in [0.29, 0.717) is 11.1 Å². The zero-order valence-electron chi connectivity index (χ0n) is 12.1. The number of rotatable bonds is 2. The normalized spacial score (nSPS) is 15.7. The quantitative estimate of drug-likeness (QED) is 0.649. The first-order valence-electron chi connectivity index (χ1n) is 7.50. The molecule has 2 rings (SSSR count). The van der Waals surface area contributed by atoms with Gasteiger partial charge in [-0.25, -0.2) is 4.39 Å². The highest BCUT2D eigenvalue weighted by Crippen LogP contribution is 2.18. The van der Waals surface area contributed by atoms with Gasteiger partial charge in [0.05, 0.1) is 12.1 Å². The number of nitrogens with two attached hydrogens (primary N) is 1. The lowest BCUT2D eigenvalue weighted by Crippen LogP contribution is -2.34. The minimum atomic E-state index is -0.401. The highest BCUT2D eigenvalue weighted by atomic mass is 19.1. The third kappa shape index (κ3) is 4.57. The van der Waals surface area contributed by atoms with Gasteiger partial charge in [-0.2, -0.15) is 0 Å². The SMILES string of the molecule is NCC#Cc1cc(F)ccc1C(=O)NC1CCCCCC1. The molecule has 1 fully saturated rings. The molecule has 112 valence electrons. The molecule has 0 radical (unpaired) electrons. The van der Waals surface area contributed by atoms with Gasteiger partial charge in [0.15, 0.2) is 0 Å². The van der Waals surface area contributed by atoms with Gasteiger partial charge in [0.2, 0.25) is 0 Å². The van der Waals surface area contributed by atoms with Crippen LogP contribution in [0.15, 0.2) is 18.2 Å². The van der Waals surface area contributed by atoms with Crippen LogP contribution in [0.4, 0.5) is 4.39 Å². The van der Waals surface area contributed by atoms with Crippen molar-refractivity contribution in [1.82, 2.24) is 5.32 Å². The maximum absolute atomic E-state index is 13.3. The van der Waals surface area contributed by atoms with Crippen LogP contribution < -0.4 is 11.1 Å². The van der Waals surface area contributed by atoms with Crippen molar-refractivity contribution in [2.75, 3.05) is 6.54 Å². The summed E-state index contributed by atoms with van der Waals surface area (Å²) < 4.78 is 13.3. The molecule has 21 heavy (non-hydrogen) atoms. The standard InChI is InChI=1S/C17H21FN2O/c18-14-9-10-16(13(12-14)6-5-11-19)17(21)20-15-7-3-1-2-4-8-15/h9-10,12,15H,1-4,7-8,11,19H2,(H,20,21). The Hall–Kier alpha value is -1.86. The van der Waals surface area contributed by atoms with E-state index in [4.69, 9.17) is 5.73 Å². The Labute approximate surface area is 125 Å². The maximum Gasteiger partial charge on any atom is 0.252 e. The molecule has 0 unspecified atom stereocenters. The molecule has 1 aliphatic carbocycles. The summed E-state index contributed by atoms with van der Waals surface area (Å²) in [5, 5.41) is 3.05. The predicted molar refractivity (Wildman–Crippen MR) is 81.3 cm³/mol. The first-order valence-corrected chi connectivity index (χ1v) is 7.50. The van der Waals surface area contributed by atoms with Gasteiger partial charge in [-0.05, 0) is 31.0 Å². The lowest BCUT2D eigenvalue weighted by atomic mass is 10.0. The van der Waals surface area contributed by atoms with Crippen molar-refractivity contribution in [3.8, 4) is 11.8 Å². The molecule has 0 spiro atoms. The molecule has 1 aromatic carbocycles. The summed E-state index contributed by atoms with van der Waals surface area (Å²) in [6.45, 7) is 0.181. The van der Waals surface area contributed by atoms with Crippen LogP contribution in [-0.2, 0) is 0 Å². The van der Waals surface area contributed by atoms with Crippen molar-refractivity contribution in [2.24, 2.45) is 5.73 Å². The molecule has 0 aliphatic heterocycles. The van der Waals surface area contributed by atoms with Gasteiger partial charge in [0, 0.05) is 11.6 Å². The van der Waals surface area contributed by atoms with Crippen LogP contribution in [0.1, 0.15) is 54.4 Å². The van der Waals surface area contributed by atoms with E-state index in [-0.39, 0.29) is 18.5 Å². The van der Waals surface area contributed by atoms with Crippen LogP contribution in [0.5, 0.6) is 0 Å². The summed E-state index contributed by atoms with van der Waals surface area (Å²) in [6.07, 6.45) is 6.78. The van der Waals surface area contributed by atoms with E-state index in [1.165, 1.54) is 31.0 Å². The lowest BCUT2D eigenvalue weighted by molar-refractivity contribution is 0.0933. The molecule has 1 aliphatic rings. The van der Waals surface area contributed by atoms with Crippen LogP contribution >= 0.6 is 0 Å². The monoisotopic (exact) mass is 288 g/mol. The van der Waals surface area contributed by atoms with E-state index in [0.717, 1.165) is 25.7 Å². The number of hydrogen-bond acceptors (Lipinski definition) is 2. The molecule has 4 heteroatoms. The highest BCUT2D eigenvalue weighted by molar-refractivity contribution is 5.96. The average molecular weight is 288 g/mol. The number of amides is 1. The van der Waals surface area contributed by atoms with Gasteiger partial charge in [-0.1, -0.05) is 37.5 Å². The Morgan fingerprint density at radius 2 is 2.00 bits per heavy atom. The fourth-order valence-corrected chi connectivity index (χ4v) is 2.65. The van der Waals surface area contributed by atoms with E-state index in [9.17, 15) is 9.18 Å². The van der Waals surface area contributed by atoms with Crippen LogP contribution in [0, 0.1) is 17.7 Å². The van der Waals surface area contributed by atoms with E-state index in [1.54, 1.807) is 0 Å². The molecule has 0 bridgehead atoms. The fraction of sp³-hybridized carbons (Fsp3) is 0.471. The molecular weight excluding hydrogens is 267 g/mol. The smallest absolute Gasteiger partial charge is 0.252 e. The fourth-order valence-electron chi connectivity index (χ4n) is 2.65. The van der Waals surface area contributed by atoms with E-state index < -0.39 is 5.82 Å². The second-order valence-electron chi connectivity index (χ2n) is 5.36. The molecule has 1 saturated carbocycles. The van der Waals surface area contributed by atoms with Gasteiger partial charge >= 0.3 is 0 Å². The Morgan fingerprint density at radius 3 is 2.67 bits per heavy atom. The van der Waals surface area contributed by atoms with Gasteiger partial charge in [-0.15, -0.1) is 0 Å². The molecule has 3 N–H and O–H groups in total. The molecule has 0 heterocycles. The second kappa shape index (κ2) is 7.80. The number of halogens is 1. The molecule has 0 aromatic heterocycles. The first-order chi connectivity index (χ1) is 10.2. The molecule has 0 atom stereocenters. The number of nitrogens with one attached hydrogen (secondary N) is 1. The van der Waals surface area contributed by atoms with E-state index >= 15 is 0 Å². The molecule has 3 nitrogen and oxygen atoms in total.